The first-order chi connectivity index (χ1) is 6.81. The van der Waals surface area contributed by atoms with Gasteiger partial charge < -0.3 is 9.72 Å². The van der Waals surface area contributed by atoms with E-state index in [0.717, 1.165) is 15.7 Å². The van der Waals surface area contributed by atoms with Crippen molar-refractivity contribution in [3.05, 3.63) is 34.9 Å². The van der Waals surface area contributed by atoms with Crippen LogP contribution in [-0.4, -0.2) is 17.1 Å². The second-order valence-electron chi connectivity index (χ2n) is 2.79. The highest BCUT2D eigenvalue weighted by molar-refractivity contribution is 9.10. The van der Waals surface area contributed by atoms with Crippen LogP contribution in [0.15, 0.2) is 34.9 Å². The van der Waals surface area contributed by atoms with E-state index >= 15 is 0 Å². The van der Waals surface area contributed by atoms with Crippen molar-refractivity contribution in [1.29, 1.82) is 0 Å². The lowest BCUT2D eigenvalue weighted by atomic mass is 10.2. The van der Waals surface area contributed by atoms with E-state index in [2.05, 4.69) is 25.9 Å². The van der Waals surface area contributed by atoms with Gasteiger partial charge in [0.15, 0.2) is 0 Å². The van der Waals surface area contributed by atoms with Gasteiger partial charge in [0.1, 0.15) is 0 Å². The Morgan fingerprint density at radius 3 is 2.79 bits per heavy atom. The van der Waals surface area contributed by atoms with E-state index in [1.54, 1.807) is 13.3 Å². The molecule has 0 radical (unpaired) electrons. The van der Waals surface area contributed by atoms with E-state index < -0.39 is 0 Å². The van der Waals surface area contributed by atoms with Gasteiger partial charge in [-0.3, -0.25) is 0 Å². The monoisotopic (exact) mass is 252 g/mol. The van der Waals surface area contributed by atoms with Gasteiger partial charge in [-0.15, -0.1) is 0 Å². The van der Waals surface area contributed by atoms with Gasteiger partial charge in [0.25, 0.3) is 6.01 Å². The summed E-state index contributed by atoms with van der Waals surface area (Å²) in [5.74, 6) is 0. The van der Waals surface area contributed by atoms with Crippen LogP contribution >= 0.6 is 15.9 Å². The summed E-state index contributed by atoms with van der Waals surface area (Å²) in [6, 6.07) is 8.48. The number of methoxy groups -OCH3 is 1. The Morgan fingerprint density at radius 2 is 2.14 bits per heavy atom. The molecule has 0 atom stereocenters. The lowest BCUT2D eigenvalue weighted by Crippen LogP contribution is -1.84. The Hall–Kier alpha value is -1.29. The van der Waals surface area contributed by atoms with E-state index in [1.165, 1.54) is 0 Å². The summed E-state index contributed by atoms with van der Waals surface area (Å²) in [6.45, 7) is 0. The second-order valence-corrected chi connectivity index (χ2v) is 3.64. The van der Waals surface area contributed by atoms with Crippen LogP contribution in [-0.2, 0) is 0 Å². The molecule has 4 heteroatoms. The molecule has 0 saturated heterocycles. The number of hydrogen-bond donors (Lipinski definition) is 1. The molecule has 0 aliphatic carbocycles. The van der Waals surface area contributed by atoms with Crippen LogP contribution in [0.25, 0.3) is 11.3 Å². The minimum absolute atomic E-state index is 0.524. The lowest BCUT2D eigenvalue weighted by Gasteiger charge is -1.99. The molecule has 0 saturated carbocycles. The van der Waals surface area contributed by atoms with Gasteiger partial charge in [-0.1, -0.05) is 34.1 Å². The van der Waals surface area contributed by atoms with E-state index in [0.29, 0.717) is 6.01 Å². The van der Waals surface area contributed by atoms with Crippen molar-refractivity contribution >= 4 is 15.9 Å². The third-order valence-corrected chi connectivity index (χ3v) is 2.60. The minimum atomic E-state index is 0.524. The second kappa shape index (κ2) is 3.84. The van der Waals surface area contributed by atoms with Crippen LogP contribution in [0.3, 0.4) is 0 Å². The number of ether oxygens (including phenoxy) is 1. The first-order valence-electron chi connectivity index (χ1n) is 4.15. The van der Waals surface area contributed by atoms with E-state index in [-0.39, 0.29) is 0 Å². The highest BCUT2D eigenvalue weighted by atomic mass is 79.9. The largest absolute Gasteiger partial charge is 0.468 e. The maximum absolute atomic E-state index is 4.97. The highest BCUT2D eigenvalue weighted by Gasteiger charge is 2.05. The van der Waals surface area contributed by atoms with Crippen molar-refractivity contribution in [3.8, 4) is 17.3 Å². The zero-order chi connectivity index (χ0) is 9.97. The highest BCUT2D eigenvalue weighted by Crippen LogP contribution is 2.27. The Labute approximate surface area is 90.3 Å². The molecule has 0 bridgehead atoms. The molecule has 1 N–H and O–H groups in total. The molecule has 1 heterocycles. The number of H-pyrrole nitrogens is 1. The predicted molar refractivity (Wildman–Crippen MR) is 58.3 cm³/mol. The van der Waals surface area contributed by atoms with Gasteiger partial charge >= 0.3 is 0 Å². The molecule has 0 fully saturated rings. The van der Waals surface area contributed by atoms with Crippen LogP contribution < -0.4 is 4.74 Å². The van der Waals surface area contributed by atoms with Crippen LogP contribution in [0, 0.1) is 0 Å². The van der Waals surface area contributed by atoms with Crippen molar-refractivity contribution in [1.82, 2.24) is 9.97 Å². The zero-order valence-electron chi connectivity index (χ0n) is 7.62. The number of hydrogen-bond acceptors (Lipinski definition) is 2. The lowest BCUT2D eigenvalue weighted by molar-refractivity contribution is 0.384. The van der Waals surface area contributed by atoms with Gasteiger partial charge in [0, 0.05) is 10.0 Å². The molecule has 0 amide bonds. The fourth-order valence-electron chi connectivity index (χ4n) is 1.22. The summed E-state index contributed by atoms with van der Waals surface area (Å²) >= 11 is 3.48. The topological polar surface area (TPSA) is 37.9 Å². The third-order valence-electron chi connectivity index (χ3n) is 1.91. The van der Waals surface area contributed by atoms with E-state index in [1.807, 2.05) is 24.3 Å². The number of benzene rings is 1. The fourth-order valence-corrected chi connectivity index (χ4v) is 1.72. The molecule has 14 heavy (non-hydrogen) atoms. The van der Waals surface area contributed by atoms with Crippen molar-refractivity contribution in [2.24, 2.45) is 0 Å². The molecule has 0 unspecified atom stereocenters. The number of aromatic nitrogens is 2. The quantitative estimate of drug-likeness (QED) is 0.893. The number of imidazole rings is 1. The Balaban J connectivity index is 2.44. The number of rotatable bonds is 2. The number of nitrogens with one attached hydrogen (secondary N) is 1. The summed E-state index contributed by atoms with van der Waals surface area (Å²) in [5, 5.41) is 0. The fraction of sp³-hybridized carbons (Fsp3) is 0.100. The van der Waals surface area contributed by atoms with Crippen LogP contribution in [0.2, 0.25) is 0 Å². The van der Waals surface area contributed by atoms with E-state index in [9.17, 15) is 0 Å². The average Bonchev–Trinajstić information content (AvgIpc) is 2.67. The maximum atomic E-state index is 4.97. The van der Waals surface area contributed by atoms with Crippen molar-refractivity contribution < 1.29 is 4.74 Å². The number of aromatic amines is 1. The predicted octanol–water partition coefficient (Wildman–Crippen LogP) is 2.85. The van der Waals surface area contributed by atoms with Crippen LogP contribution in [0.5, 0.6) is 6.01 Å². The van der Waals surface area contributed by atoms with E-state index in [4.69, 9.17) is 4.74 Å². The summed E-state index contributed by atoms with van der Waals surface area (Å²) in [4.78, 5) is 7.11. The summed E-state index contributed by atoms with van der Waals surface area (Å²) < 4.78 is 6.01. The molecule has 2 aromatic rings. The van der Waals surface area contributed by atoms with Crippen molar-refractivity contribution in [2.45, 2.75) is 0 Å². The first-order valence-corrected chi connectivity index (χ1v) is 4.94. The minimum Gasteiger partial charge on any atom is -0.468 e. The van der Waals surface area contributed by atoms with Crippen LogP contribution in [0.1, 0.15) is 0 Å². The van der Waals surface area contributed by atoms with Crippen LogP contribution in [0.4, 0.5) is 0 Å². The van der Waals surface area contributed by atoms with Gasteiger partial charge in [0.2, 0.25) is 0 Å². The molecule has 0 aliphatic heterocycles. The average molecular weight is 253 g/mol. The van der Waals surface area contributed by atoms with Gasteiger partial charge in [0.05, 0.1) is 19.0 Å². The molecule has 72 valence electrons. The van der Waals surface area contributed by atoms with Gasteiger partial charge in [-0.2, -0.15) is 0 Å². The normalized spacial score (nSPS) is 10.1. The maximum Gasteiger partial charge on any atom is 0.293 e. The first kappa shape index (κ1) is 9.27. The Kier molecular flexibility index (Phi) is 2.54. The summed E-state index contributed by atoms with van der Waals surface area (Å²) in [7, 11) is 1.59. The van der Waals surface area contributed by atoms with Crippen molar-refractivity contribution in [2.75, 3.05) is 7.11 Å². The standard InChI is InChI=1S/C10H9BrN2O/c1-14-10-12-6-9(13-10)7-4-2-3-5-8(7)11/h2-6H,1H3,(H,12,13). The number of nitrogens with zero attached hydrogens (tertiary/aromatic N) is 1. The smallest absolute Gasteiger partial charge is 0.293 e. The molecule has 3 nitrogen and oxygen atoms in total. The molecule has 2 rings (SSSR count). The van der Waals surface area contributed by atoms with Gasteiger partial charge in [-0.05, 0) is 6.07 Å². The zero-order valence-corrected chi connectivity index (χ0v) is 9.21. The van der Waals surface area contributed by atoms with Gasteiger partial charge in [-0.25, -0.2) is 4.98 Å². The molecular formula is C10H9BrN2O. The molecule has 1 aromatic heterocycles. The molecule has 0 aliphatic rings. The number of halogens is 1. The summed E-state index contributed by atoms with van der Waals surface area (Å²) in [6.07, 6.45) is 1.75. The molecular weight excluding hydrogens is 244 g/mol. The van der Waals surface area contributed by atoms with Crippen molar-refractivity contribution in [3.63, 3.8) is 0 Å². The molecule has 1 aromatic carbocycles. The Morgan fingerprint density at radius 1 is 1.36 bits per heavy atom. The molecule has 0 spiro atoms. The SMILES string of the molecule is COc1ncc(-c2ccccc2Br)[nH]1. The summed E-state index contributed by atoms with van der Waals surface area (Å²) in [5.41, 5.74) is 2.01. The third kappa shape index (κ3) is 1.65. The Bertz CT molecular complexity index is 439.